The Labute approximate surface area is 309 Å². The van der Waals surface area contributed by atoms with E-state index in [2.05, 4.69) is 211 Å². The molecule has 53 heavy (non-hydrogen) atoms. The standard InChI is InChI=1S/2C14H10.C12H9N.C12H10/c1-3-7-13-11(5-1)9-10-12-6-2-4-8-14(12)13;1-2-6-12-10-14-8-4-3-7-13(14)9-11(12)5-1;1-3-7-11-9(5-1)10-6-2-4-8-12(10)13-11;1-3-9-4-2-6-11-8-7-10(5-1)12(9)11/h2*1-10H;1-8,13H;1-6H,7-8H2. The van der Waals surface area contributed by atoms with Crippen LogP contribution >= 0.6 is 0 Å². The van der Waals surface area contributed by atoms with Crippen molar-refractivity contribution in [3.05, 3.63) is 217 Å². The molecule has 0 amide bonds. The lowest BCUT2D eigenvalue weighted by Crippen LogP contribution is -1.76. The fourth-order valence-corrected chi connectivity index (χ4v) is 7.82. The first-order chi connectivity index (χ1) is 26.3. The van der Waals surface area contributed by atoms with Crippen LogP contribution in [0.3, 0.4) is 0 Å². The van der Waals surface area contributed by atoms with Crippen molar-refractivity contribution in [3.8, 4) is 0 Å². The lowest BCUT2D eigenvalue weighted by atomic mass is 10.0. The van der Waals surface area contributed by atoms with E-state index in [-0.39, 0.29) is 0 Å². The molecule has 0 radical (unpaired) electrons. The second-order valence-corrected chi connectivity index (χ2v) is 13.7. The Kier molecular flexibility index (Phi) is 8.82. The minimum Gasteiger partial charge on any atom is -0.355 e. The van der Waals surface area contributed by atoms with E-state index in [1.807, 2.05) is 0 Å². The van der Waals surface area contributed by atoms with E-state index < -0.39 is 0 Å². The van der Waals surface area contributed by atoms with Gasteiger partial charge in [0.2, 0.25) is 0 Å². The second-order valence-electron chi connectivity index (χ2n) is 13.7. The van der Waals surface area contributed by atoms with Crippen LogP contribution in [0, 0.1) is 0 Å². The molecular formula is C52H39N. The zero-order chi connectivity index (χ0) is 35.4. The fraction of sp³-hybridized carbons (Fsp3) is 0.0385. The van der Waals surface area contributed by atoms with Gasteiger partial charge >= 0.3 is 0 Å². The molecule has 0 spiro atoms. The minimum absolute atomic E-state index is 1.21. The van der Waals surface area contributed by atoms with Crippen LogP contribution in [0.4, 0.5) is 0 Å². The van der Waals surface area contributed by atoms with Crippen molar-refractivity contribution in [1.29, 1.82) is 0 Å². The molecule has 252 valence electrons. The fourth-order valence-electron chi connectivity index (χ4n) is 7.82. The lowest BCUT2D eigenvalue weighted by Gasteiger charge is -2.02. The van der Waals surface area contributed by atoms with Gasteiger partial charge < -0.3 is 4.98 Å². The van der Waals surface area contributed by atoms with Gasteiger partial charge in [-0.05, 0) is 102 Å². The maximum absolute atomic E-state index is 3.38. The van der Waals surface area contributed by atoms with Crippen LogP contribution in [0.25, 0.3) is 75.7 Å². The SMILES string of the molecule is c1cc2c3c(cccc3c1)CC2.c1ccc2c(c1)[nH]c1ccccc12.c1ccc2c(c1)ccc1ccccc12.c1ccc2cc3ccccc3cc2c1. The Hall–Kier alpha value is -6.70. The Bertz CT molecular complexity index is 2760. The summed E-state index contributed by atoms with van der Waals surface area (Å²) in [5.41, 5.74) is 5.48. The van der Waals surface area contributed by atoms with E-state index in [4.69, 9.17) is 0 Å². The third kappa shape index (κ3) is 6.62. The second kappa shape index (κ2) is 14.5. The van der Waals surface area contributed by atoms with Crippen LogP contribution in [0.1, 0.15) is 11.1 Å². The minimum atomic E-state index is 1.21. The lowest BCUT2D eigenvalue weighted by molar-refractivity contribution is 1.02. The highest BCUT2D eigenvalue weighted by molar-refractivity contribution is 6.08. The largest absolute Gasteiger partial charge is 0.355 e. The summed E-state index contributed by atoms with van der Waals surface area (Å²) in [5.74, 6) is 0. The summed E-state index contributed by atoms with van der Waals surface area (Å²) in [6.07, 6.45) is 2.47. The number of aryl methyl sites for hydroxylation is 2. The predicted octanol–water partition coefficient (Wildman–Crippen LogP) is 14.2. The summed E-state index contributed by atoms with van der Waals surface area (Å²) in [6, 6.07) is 72.8. The number of hydrogen-bond donors (Lipinski definition) is 1. The first-order valence-corrected chi connectivity index (χ1v) is 18.5. The van der Waals surface area contributed by atoms with Gasteiger partial charge in [0.05, 0.1) is 0 Å². The summed E-state index contributed by atoms with van der Waals surface area (Å²) >= 11 is 0. The third-order valence-electron chi connectivity index (χ3n) is 10.4. The average Bonchev–Trinajstić information content (AvgIpc) is 3.84. The Morgan fingerprint density at radius 3 is 1.04 bits per heavy atom. The quantitative estimate of drug-likeness (QED) is 0.121. The highest BCUT2D eigenvalue weighted by atomic mass is 14.7. The zero-order valence-electron chi connectivity index (χ0n) is 29.5. The molecule has 10 aromatic carbocycles. The van der Waals surface area contributed by atoms with Gasteiger partial charge in [-0.25, -0.2) is 0 Å². The van der Waals surface area contributed by atoms with Crippen molar-refractivity contribution in [2.75, 3.05) is 0 Å². The van der Waals surface area contributed by atoms with Crippen molar-refractivity contribution in [1.82, 2.24) is 4.98 Å². The molecule has 0 aliphatic heterocycles. The van der Waals surface area contributed by atoms with Gasteiger partial charge in [-0.3, -0.25) is 0 Å². The number of rotatable bonds is 0. The molecule has 0 atom stereocenters. The normalized spacial score (nSPS) is 11.6. The summed E-state index contributed by atoms with van der Waals surface area (Å²) in [4.78, 5) is 3.38. The van der Waals surface area contributed by atoms with Gasteiger partial charge in [-0.2, -0.15) is 0 Å². The molecule has 12 rings (SSSR count). The van der Waals surface area contributed by atoms with Crippen LogP contribution in [-0.4, -0.2) is 4.98 Å². The van der Waals surface area contributed by atoms with Crippen molar-refractivity contribution >= 4 is 75.7 Å². The zero-order valence-corrected chi connectivity index (χ0v) is 29.5. The van der Waals surface area contributed by atoms with Crippen molar-refractivity contribution < 1.29 is 0 Å². The van der Waals surface area contributed by atoms with Crippen LogP contribution in [-0.2, 0) is 12.8 Å². The summed E-state index contributed by atoms with van der Waals surface area (Å²) in [6.45, 7) is 0. The van der Waals surface area contributed by atoms with Gasteiger partial charge in [0, 0.05) is 21.8 Å². The summed E-state index contributed by atoms with van der Waals surface area (Å²) in [5, 5.41) is 16.1. The molecule has 0 saturated carbocycles. The molecule has 1 aromatic heterocycles. The smallest absolute Gasteiger partial charge is 0.0464 e. The molecule has 0 unspecified atom stereocenters. The number of fused-ring (bicyclic) bond motifs is 8. The molecule has 1 aliphatic carbocycles. The van der Waals surface area contributed by atoms with Crippen molar-refractivity contribution in [2.24, 2.45) is 0 Å². The molecule has 11 aromatic rings. The summed E-state index contributed by atoms with van der Waals surface area (Å²) in [7, 11) is 0. The van der Waals surface area contributed by atoms with E-state index in [0.29, 0.717) is 0 Å². The molecule has 1 heterocycles. The first-order valence-electron chi connectivity index (χ1n) is 18.5. The number of H-pyrrole nitrogens is 1. The number of aromatic amines is 1. The summed E-state index contributed by atoms with van der Waals surface area (Å²) < 4.78 is 0. The number of benzene rings is 10. The molecule has 1 heteroatoms. The van der Waals surface area contributed by atoms with E-state index in [0.717, 1.165) is 0 Å². The Morgan fingerprint density at radius 1 is 0.264 bits per heavy atom. The van der Waals surface area contributed by atoms with Gasteiger partial charge in [-0.15, -0.1) is 0 Å². The van der Waals surface area contributed by atoms with Crippen LogP contribution in [0.15, 0.2) is 206 Å². The van der Waals surface area contributed by atoms with E-state index >= 15 is 0 Å². The van der Waals surface area contributed by atoms with Crippen molar-refractivity contribution in [2.45, 2.75) is 12.8 Å². The third-order valence-corrected chi connectivity index (χ3v) is 10.4. The molecule has 1 aliphatic rings. The number of nitrogens with one attached hydrogen (secondary N) is 1. The van der Waals surface area contributed by atoms with Gasteiger partial charge in [0.25, 0.3) is 0 Å². The molecular weight excluding hydrogens is 639 g/mol. The topological polar surface area (TPSA) is 15.8 Å². The monoisotopic (exact) mass is 677 g/mol. The molecule has 1 nitrogen and oxygen atoms in total. The van der Waals surface area contributed by atoms with Crippen LogP contribution < -0.4 is 0 Å². The van der Waals surface area contributed by atoms with E-state index in [1.165, 1.54) is 99.6 Å². The molecule has 0 saturated heterocycles. The van der Waals surface area contributed by atoms with Gasteiger partial charge in [-0.1, -0.05) is 182 Å². The molecule has 0 bridgehead atoms. The Balaban J connectivity index is 0.0000000938. The highest BCUT2D eigenvalue weighted by Gasteiger charge is 2.12. The number of hydrogen-bond acceptors (Lipinski definition) is 0. The van der Waals surface area contributed by atoms with Gasteiger partial charge in [0.15, 0.2) is 0 Å². The highest BCUT2D eigenvalue weighted by Crippen LogP contribution is 2.30. The van der Waals surface area contributed by atoms with Crippen molar-refractivity contribution in [3.63, 3.8) is 0 Å². The first kappa shape index (κ1) is 32.2. The van der Waals surface area contributed by atoms with Gasteiger partial charge in [0.1, 0.15) is 0 Å². The van der Waals surface area contributed by atoms with Crippen LogP contribution in [0.2, 0.25) is 0 Å². The predicted molar refractivity (Wildman–Crippen MR) is 230 cm³/mol. The number of para-hydroxylation sites is 2. The molecule has 0 fully saturated rings. The van der Waals surface area contributed by atoms with E-state index in [1.54, 1.807) is 0 Å². The average molecular weight is 678 g/mol. The molecule has 1 N–H and O–H groups in total. The van der Waals surface area contributed by atoms with E-state index in [9.17, 15) is 0 Å². The number of aromatic nitrogens is 1. The van der Waals surface area contributed by atoms with Crippen LogP contribution in [0.5, 0.6) is 0 Å². The maximum Gasteiger partial charge on any atom is 0.0464 e. The maximum atomic E-state index is 3.38. The Morgan fingerprint density at radius 2 is 0.604 bits per heavy atom.